The molecule has 1 saturated heterocycles. The molecule has 0 radical (unpaired) electrons. The Bertz CT molecular complexity index is 559. The molecule has 0 aromatic heterocycles. The lowest BCUT2D eigenvalue weighted by Gasteiger charge is -2.40. The van der Waals surface area contributed by atoms with Crippen LogP contribution in [0.2, 0.25) is 0 Å². The van der Waals surface area contributed by atoms with Crippen LogP contribution >= 0.6 is 0 Å². The molecule has 1 aliphatic carbocycles. The number of likely N-dealkylation sites (tertiary alicyclic amines) is 1. The van der Waals surface area contributed by atoms with Crippen molar-refractivity contribution in [3.8, 4) is 6.07 Å². The van der Waals surface area contributed by atoms with Crippen LogP contribution in [0.15, 0.2) is 24.3 Å². The van der Waals surface area contributed by atoms with Crippen molar-refractivity contribution in [1.29, 1.82) is 5.26 Å². The van der Waals surface area contributed by atoms with Gasteiger partial charge in [-0.1, -0.05) is 57.9 Å². The van der Waals surface area contributed by atoms with E-state index >= 15 is 0 Å². The summed E-state index contributed by atoms with van der Waals surface area (Å²) in [5, 5.41) is 9.91. The van der Waals surface area contributed by atoms with E-state index in [4.69, 9.17) is 0 Å². The Balaban J connectivity index is 1.74. The number of benzene rings is 1. The van der Waals surface area contributed by atoms with Crippen LogP contribution in [-0.4, -0.2) is 24.0 Å². The average molecular weight is 310 g/mol. The van der Waals surface area contributed by atoms with Crippen LogP contribution in [-0.2, 0) is 10.8 Å². The Labute approximate surface area is 141 Å². The molecule has 0 spiro atoms. The monoisotopic (exact) mass is 310 g/mol. The summed E-state index contributed by atoms with van der Waals surface area (Å²) in [4.78, 5) is 2.64. The van der Waals surface area contributed by atoms with Gasteiger partial charge in [-0.05, 0) is 42.2 Å². The van der Waals surface area contributed by atoms with Crippen molar-refractivity contribution in [3.05, 3.63) is 35.4 Å². The molecule has 1 heterocycles. The van der Waals surface area contributed by atoms with Crippen molar-refractivity contribution < 1.29 is 0 Å². The molecule has 2 fully saturated rings. The van der Waals surface area contributed by atoms with Gasteiger partial charge in [-0.25, -0.2) is 0 Å². The van der Waals surface area contributed by atoms with Gasteiger partial charge in [0.25, 0.3) is 0 Å². The molecular weight excluding hydrogens is 280 g/mol. The number of nitrogens with zero attached hydrogens (tertiary/aromatic N) is 2. The van der Waals surface area contributed by atoms with E-state index in [0.717, 1.165) is 32.0 Å². The minimum atomic E-state index is -0.272. The molecule has 1 aromatic carbocycles. The highest BCUT2D eigenvalue weighted by Crippen LogP contribution is 2.38. The van der Waals surface area contributed by atoms with Gasteiger partial charge in [-0.2, -0.15) is 5.26 Å². The fraction of sp³-hybridized carbons (Fsp3) is 0.667. The lowest BCUT2D eigenvalue weighted by Crippen LogP contribution is -2.45. The largest absolute Gasteiger partial charge is 0.300 e. The van der Waals surface area contributed by atoms with E-state index in [1.807, 2.05) is 0 Å². The third-order valence-electron chi connectivity index (χ3n) is 6.01. The third-order valence-corrected chi connectivity index (χ3v) is 6.01. The maximum atomic E-state index is 9.91. The Hall–Kier alpha value is -1.33. The van der Waals surface area contributed by atoms with Gasteiger partial charge >= 0.3 is 0 Å². The van der Waals surface area contributed by atoms with Crippen molar-refractivity contribution in [2.75, 3.05) is 13.1 Å². The zero-order chi connectivity index (χ0) is 16.5. The molecule has 2 heteroatoms. The van der Waals surface area contributed by atoms with Crippen LogP contribution in [0, 0.1) is 11.3 Å². The number of piperidine rings is 1. The topological polar surface area (TPSA) is 27.0 Å². The normalized spacial score (nSPS) is 22.9. The van der Waals surface area contributed by atoms with E-state index in [0.29, 0.717) is 0 Å². The summed E-state index contributed by atoms with van der Waals surface area (Å²) in [7, 11) is 0. The summed E-state index contributed by atoms with van der Waals surface area (Å²) in [5.41, 5.74) is 2.46. The maximum Gasteiger partial charge on any atom is 0.0846 e. The number of hydrogen-bond acceptors (Lipinski definition) is 2. The molecule has 3 rings (SSSR count). The molecule has 0 N–H and O–H groups in total. The molecule has 124 valence electrons. The second-order valence-electron chi connectivity index (χ2n) is 8.50. The molecule has 0 atom stereocenters. The molecule has 0 unspecified atom stereocenters. The first-order valence-corrected chi connectivity index (χ1v) is 9.21. The fourth-order valence-electron chi connectivity index (χ4n) is 4.29. The van der Waals surface area contributed by atoms with E-state index in [2.05, 4.69) is 56.0 Å². The predicted octanol–water partition coefficient (Wildman–Crippen LogP) is 4.78. The summed E-state index contributed by atoms with van der Waals surface area (Å²) in [6, 6.07) is 12.3. The first-order valence-electron chi connectivity index (χ1n) is 9.21. The van der Waals surface area contributed by atoms with Crippen molar-refractivity contribution in [3.63, 3.8) is 0 Å². The summed E-state index contributed by atoms with van der Waals surface area (Å²) in [6.45, 7) is 8.88. The molecule has 1 aromatic rings. The molecule has 0 bridgehead atoms. The highest BCUT2D eigenvalue weighted by molar-refractivity contribution is 5.37. The van der Waals surface area contributed by atoms with Gasteiger partial charge < -0.3 is 4.90 Å². The van der Waals surface area contributed by atoms with Crippen molar-refractivity contribution in [2.24, 2.45) is 0 Å². The number of nitriles is 1. The lowest BCUT2D eigenvalue weighted by atomic mass is 9.73. The summed E-state index contributed by atoms with van der Waals surface area (Å²) < 4.78 is 0. The van der Waals surface area contributed by atoms with Crippen LogP contribution in [0.1, 0.15) is 70.4 Å². The van der Waals surface area contributed by atoms with Crippen LogP contribution in [0.4, 0.5) is 0 Å². The molecule has 2 aliphatic rings. The second-order valence-corrected chi connectivity index (χ2v) is 8.50. The molecule has 1 saturated carbocycles. The van der Waals surface area contributed by atoms with Crippen LogP contribution < -0.4 is 0 Å². The van der Waals surface area contributed by atoms with Crippen LogP contribution in [0.3, 0.4) is 0 Å². The summed E-state index contributed by atoms with van der Waals surface area (Å²) >= 11 is 0. The first kappa shape index (κ1) is 16.5. The van der Waals surface area contributed by atoms with Gasteiger partial charge in [0.05, 0.1) is 11.5 Å². The van der Waals surface area contributed by atoms with Crippen molar-refractivity contribution >= 4 is 0 Å². The van der Waals surface area contributed by atoms with E-state index in [1.165, 1.54) is 36.8 Å². The Morgan fingerprint density at radius 1 is 1.04 bits per heavy atom. The standard InChI is InChI=1S/C21H30N2/c1-20(2,3)17-8-10-18(11-9-17)21(16-22)12-14-23(15-13-21)19-6-4-5-7-19/h8-11,19H,4-7,12-15H2,1-3H3. The molecule has 23 heavy (non-hydrogen) atoms. The quantitative estimate of drug-likeness (QED) is 0.785. The molecular formula is C21H30N2. The first-order chi connectivity index (χ1) is 10.9. The Morgan fingerprint density at radius 3 is 2.09 bits per heavy atom. The molecule has 2 nitrogen and oxygen atoms in total. The zero-order valence-corrected chi connectivity index (χ0v) is 14.9. The van der Waals surface area contributed by atoms with Gasteiger partial charge in [0.1, 0.15) is 0 Å². The van der Waals surface area contributed by atoms with E-state index in [9.17, 15) is 5.26 Å². The SMILES string of the molecule is CC(C)(C)c1ccc(C2(C#N)CCN(C3CCCC3)CC2)cc1. The van der Waals surface area contributed by atoms with Gasteiger partial charge in [-0.3, -0.25) is 0 Å². The van der Waals surface area contributed by atoms with Gasteiger partial charge in [0, 0.05) is 19.1 Å². The Kier molecular flexibility index (Phi) is 4.52. The average Bonchev–Trinajstić information content (AvgIpc) is 3.09. The highest BCUT2D eigenvalue weighted by atomic mass is 15.2. The van der Waals surface area contributed by atoms with E-state index < -0.39 is 0 Å². The van der Waals surface area contributed by atoms with Gasteiger partial charge in [-0.15, -0.1) is 0 Å². The van der Waals surface area contributed by atoms with Crippen molar-refractivity contribution in [2.45, 2.75) is 76.2 Å². The maximum absolute atomic E-state index is 9.91. The predicted molar refractivity (Wildman–Crippen MR) is 95.5 cm³/mol. The van der Waals surface area contributed by atoms with Crippen molar-refractivity contribution in [1.82, 2.24) is 4.90 Å². The lowest BCUT2D eigenvalue weighted by molar-refractivity contribution is 0.135. The van der Waals surface area contributed by atoms with Gasteiger partial charge in [0.15, 0.2) is 0 Å². The smallest absolute Gasteiger partial charge is 0.0846 e. The van der Waals surface area contributed by atoms with E-state index in [1.54, 1.807) is 0 Å². The van der Waals surface area contributed by atoms with Crippen LogP contribution in [0.5, 0.6) is 0 Å². The highest BCUT2D eigenvalue weighted by Gasteiger charge is 2.38. The second kappa shape index (κ2) is 6.29. The summed E-state index contributed by atoms with van der Waals surface area (Å²) in [6.07, 6.45) is 7.46. The Morgan fingerprint density at radius 2 is 1.61 bits per heavy atom. The minimum Gasteiger partial charge on any atom is -0.300 e. The minimum absolute atomic E-state index is 0.171. The zero-order valence-electron chi connectivity index (χ0n) is 14.9. The van der Waals surface area contributed by atoms with E-state index in [-0.39, 0.29) is 10.8 Å². The summed E-state index contributed by atoms with van der Waals surface area (Å²) in [5.74, 6) is 0. The van der Waals surface area contributed by atoms with Crippen LogP contribution in [0.25, 0.3) is 0 Å². The number of rotatable bonds is 2. The third kappa shape index (κ3) is 3.31. The molecule has 0 amide bonds. The van der Waals surface area contributed by atoms with Gasteiger partial charge in [0.2, 0.25) is 0 Å². The number of hydrogen-bond donors (Lipinski definition) is 0. The molecule has 1 aliphatic heterocycles. The fourth-order valence-corrected chi connectivity index (χ4v) is 4.29.